The van der Waals surface area contributed by atoms with Crippen molar-refractivity contribution in [3.05, 3.63) is 36.5 Å². The Hall–Kier alpha value is -1.64. The Morgan fingerprint density at radius 3 is 3.08 bits per heavy atom. The number of allylic oxidation sites excluding steroid dienone is 3. The zero-order chi connectivity index (χ0) is 9.52. The normalized spacial score (nSPS) is 17.0. The SMILES string of the molecule is C=C/C(=C\C=C/C)C1=NCOC=N1. The van der Waals surface area contributed by atoms with E-state index in [2.05, 4.69) is 16.6 Å². The average molecular weight is 176 g/mol. The number of rotatable bonds is 3. The Balaban J connectivity index is 2.82. The maximum atomic E-state index is 4.84. The van der Waals surface area contributed by atoms with Crippen LogP contribution < -0.4 is 0 Å². The van der Waals surface area contributed by atoms with Gasteiger partial charge in [-0.15, -0.1) is 0 Å². The Morgan fingerprint density at radius 1 is 1.69 bits per heavy atom. The lowest BCUT2D eigenvalue weighted by atomic mass is 10.2. The van der Waals surface area contributed by atoms with Crippen LogP contribution in [0.2, 0.25) is 0 Å². The highest BCUT2D eigenvalue weighted by molar-refractivity contribution is 6.04. The van der Waals surface area contributed by atoms with Gasteiger partial charge in [0.1, 0.15) is 0 Å². The molecule has 0 bridgehead atoms. The molecule has 1 heterocycles. The molecule has 0 aromatic heterocycles. The molecule has 3 nitrogen and oxygen atoms in total. The zero-order valence-corrected chi connectivity index (χ0v) is 7.60. The molecule has 0 amide bonds. The molecule has 0 aromatic carbocycles. The second-order valence-corrected chi connectivity index (χ2v) is 2.36. The average Bonchev–Trinajstić information content (AvgIpc) is 2.21. The molecule has 0 fully saturated rings. The van der Waals surface area contributed by atoms with Crippen molar-refractivity contribution in [3.63, 3.8) is 0 Å². The fraction of sp³-hybridized carbons (Fsp3) is 0.200. The van der Waals surface area contributed by atoms with Crippen LogP contribution >= 0.6 is 0 Å². The van der Waals surface area contributed by atoms with Crippen molar-refractivity contribution in [1.29, 1.82) is 0 Å². The van der Waals surface area contributed by atoms with Crippen molar-refractivity contribution in [1.82, 2.24) is 0 Å². The van der Waals surface area contributed by atoms with Crippen molar-refractivity contribution >= 4 is 12.2 Å². The summed E-state index contributed by atoms with van der Waals surface area (Å²) in [5, 5.41) is 0. The van der Waals surface area contributed by atoms with E-state index in [1.165, 1.54) is 6.40 Å². The fourth-order valence-electron chi connectivity index (χ4n) is 0.859. The molecule has 1 rings (SSSR count). The minimum absolute atomic E-state index is 0.333. The first-order valence-corrected chi connectivity index (χ1v) is 4.03. The summed E-state index contributed by atoms with van der Waals surface area (Å²) >= 11 is 0. The molecule has 13 heavy (non-hydrogen) atoms. The van der Waals surface area contributed by atoms with Crippen LogP contribution in [0.25, 0.3) is 0 Å². The summed E-state index contributed by atoms with van der Waals surface area (Å²) in [6, 6.07) is 0. The molecule has 0 radical (unpaired) electrons. The molecule has 0 aromatic rings. The van der Waals surface area contributed by atoms with Crippen LogP contribution in [-0.2, 0) is 4.74 Å². The van der Waals surface area contributed by atoms with Gasteiger partial charge in [0, 0.05) is 5.57 Å². The van der Waals surface area contributed by atoms with E-state index in [1.807, 2.05) is 25.2 Å². The third kappa shape index (κ3) is 2.71. The van der Waals surface area contributed by atoms with E-state index in [0.29, 0.717) is 12.6 Å². The smallest absolute Gasteiger partial charge is 0.182 e. The number of aliphatic imine (C=N–C) groups is 2. The number of hydrogen-bond acceptors (Lipinski definition) is 3. The Bertz CT molecular complexity index is 298. The number of hydrogen-bond donors (Lipinski definition) is 0. The molecular formula is C10H12N2O. The van der Waals surface area contributed by atoms with Crippen LogP contribution in [0.1, 0.15) is 6.92 Å². The molecule has 0 unspecified atom stereocenters. The third-order valence-electron chi connectivity index (χ3n) is 1.48. The Morgan fingerprint density at radius 2 is 2.54 bits per heavy atom. The summed E-state index contributed by atoms with van der Waals surface area (Å²) < 4.78 is 4.84. The highest BCUT2D eigenvalue weighted by Crippen LogP contribution is 2.04. The fourth-order valence-corrected chi connectivity index (χ4v) is 0.859. The van der Waals surface area contributed by atoms with Crippen molar-refractivity contribution in [3.8, 4) is 0 Å². The van der Waals surface area contributed by atoms with Gasteiger partial charge >= 0.3 is 0 Å². The first kappa shape index (κ1) is 9.45. The molecule has 0 saturated carbocycles. The monoisotopic (exact) mass is 176 g/mol. The van der Waals surface area contributed by atoms with E-state index in [-0.39, 0.29) is 0 Å². The summed E-state index contributed by atoms with van der Waals surface area (Å²) in [5.74, 6) is 0.666. The molecule has 0 saturated heterocycles. The molecule has 1 aliphatic rings. The van der Waals surface area contributed by atoms with E-state index in [4.69, 9.17) is 4.74 Å². The summed E-state index contributed by atoms with van der Waals surface area (Å²) in [4.78, 5) is 8.06. The number of nitrogens with zero attached hydrogens (tertiary/aromatic N) is 2. The first-order valence-electron chi connectivity index (χ1n) is 4.03. The summed E-state index contributed by atoms with van der Waals surface area (Å²) in [5.41, 5.74) is 0.901. The summed E-state index contributed by atoms with van der Waals surface area (Å²) in [7, 11) is 0. The largest absolute Gasteiger partial charge is 0.461 e. The lowest BCUT2D eigenvalue weighted by Crippen LogP contribution is -2.06. The predicted molar refractivity (Wildman–Crippen MR) is 55.0 cm³/mol. The Kier molecular flexibility index (Phi) is 3.70. The third-order valence-corrected chi connectivity index (χ3v) is 1.48. The molecule has 1 aliphatic heterocycles. The van der Waals surface area contributed by atoms with Crippen LogP contribution in [0.15, 0.2) is 46.4 Å². The van der Waals surface area contributed by atoms with Crippen LogP contribution in [0.5, 0.6) is 0 Å². The van der Waals surface area contributed by atoms with Gasteiger partial charge in [-0.1, -0.05) is 30.9 Å². The molecule has 0 aliphatic carbocycles. The predicted octanol–water partition coefficient (Wildman–Crippen LogP) is 2.09. The maximum absolute atomic E-state index is 4.84. The van der Waals surface area contributed by atoms with Gasteiger partial charge in [0.15, 0.2) is 19.0 Å². The minimum Gasteiger partial charge on any atom is -0.461 e. The minimum atomic E-state index is 0.333. The summed E-state index contributed by atoms with van der Waals surface area (Å²) in [6.07, 6.45) is 8.89. The van der Waals surface area contributed by atoms with Crippen molar-refractivity contribution in [2.45, 2.75) is 6.92 Å². The molecule has 0 spiro atoms. The van der Waals surface area contributed by atoms with Crippen LogP contribution in [-0.4, -0.2) is 19.0 Å². The van der Waals surface area contributed by atoms with Crippen molar-refractivity contribution < 1.29 is 4.74 Å². The van der Waals surface area contributed by atoms with E-state index >= 15 is 0 Å². The van der Waals surface area contributed by atoms with Crippen molar-refractivity contribution in [2.75, 3.05) is 6.73 Å². The highest BCUT2D eigenvalue weighted by Gasteiger charge is 2.02. The molecule has 68 valence electrons. The van der Waals surface area contributed by atoms with E-state index in [0.717, 1.165) is 5.57 Å². The van der Waals surface area contributed by atoms with Gasteiger partial charge < -0.3 is 4.74 Å². The Labute approximate surface area is 77.9 Å². The van der Waals surface area contributed by atoms with E-state index in [1.54, 1.807) is 6.08 Å². The lowest BCUT2D eigenvalue weighted by molar-refractivity contribution is 0.329. The standard InChI is InChI=1S/C10H12N2O/c1-3-5-6-9(4-2)10-11-7-13-8-12-10/h3-7H,2,8H2,1H3/b5-3-,9-6+. The molecule has 0 N–H and O–H groups in total. The van der Waals surface area contributed by atoms with Gasteiger partial charge in [0.05, 0.1) is 0 Å². The van der Waals surface area contributed by atoms with E-state index in [9.17, 15) is 0 Å². The second kappa shape index (κ2) is 5.09. The zero-order valence-electron chi connectivity index (χ0n) is 7.60. The van der Waals surface area contributed by atoms with Gasteiger partial charge in [-0.05, 0) is 6.92 Å². The maximum Gasteiger partial charge on any atom is 0.182 e. The molecule has 0 atom stereocenters. The molecular weight excluding hydrogens is 164 g/mol. The van der Waals surface area contributed by atoms with Crippen LogP contribution in [0.3, 0.4) is 0 Å². The highest BCUT2D eigenvalue weighted by atomic mass is 16.5. The van der Waals surface area contributed by atoms with Gasteiger partial charge in [-0.25, -0.2) is 9.98 Å². The van der Waals surface area contributed by atoms with Gasteiger partial charge in [-0.3, -0.25) is 0 Å². The number of ether oxygens (including phenoxy) is 1. The molecule has 3 heteroatoms. The van der Waals surface area contributed by atoms with Crippen LogP contribution in [0.4, 0.5) is 0 Å². The lowest BCUT2D eigenvalue weighted by Gasteiger charge is -2.05. The quantitative estimate of drug-likeness (QED) is 0.606. The van der Waals surface area contributed by atoms with Crippen LogP contribution in [0, 0.1) is 0 Å². The summed E-state index contributed by atoms with van der Waals surface area (Å²) in [6.45, 7) is 5.98. The second-order valence-electron chi connectivity index (χ2n) is 2.36. The van der Waals surface area contributed by atoms with Gasteiger partial charge in [0.25, 0.3) is 0 Å². The number of amidine groups is 1. The van der Waals surface area contributed by atoms with Gasteiger partial charge in [0.2, 0.25) is 0 Å². The van der Waals surface area contributed by atoms with Crippen molar-refractivity contribution in [2.24, 2.45) is 9.98 Å². The first-order chi connectivity index (χ1) is 6.38. The van der Waals surface area contributed by atoms with E-state index < -0.39 is 0 Å². The topological polar surface area (TPSA) is 34.0 Å². The van der Waals surface area contributed by atoms with Gasteiger partial charge in [-0.2, -0.15) is 0 Å².